The molecule has 0 fully saturated rings. The van der Waals surface area contributed by atoms with Crippen LogP contribution < -0.4 is 10.6 Å². The van der Waals surface area contributed by atoms with Gasteiger partial charge in [-0.25, -0.2) is 0 Å². The molecule has 0 aliphatic rings. The summed E-state index contributed by atoms with van der Waals surface area (Å²) in [6.45, 7) is 2.91. The fourth-order valence-corrected chi connectivity index (χ4v) is 1.09. The van der Waals surface area contributed by atoms with E-state index in [0.29, 0.717) is 19.6 Å². The lowest BCUT2D eigenvalue weighted by Gasteiger charge is -2.04. The SMILES string of the molecule is CNC(=O)CCCNCCCOCCO. The van der Waals surface area contributed by atoms with E-state index in [1.54, 1.807) is 7.05 Å². The Morgan fingerprint density at radius 1 is 1.27 bits per heavy atom. The van der Waals surface area contributed by atoms with Gasteiger partial charge in [-0.15, -0.1) is 0 Å². The van der Waals surface area contributed by atoms with Crippen molar-refractivity contribution >= 4 is 5.91 Å². The van der Waals surface area contributed by atoms with Crippen LogP contribution in [0.1, 0.15) is 19.3 Å². The maximum Gasteiger partial charge on any atom is 0.219 e. The van der Waals surface area contributed by atoms with Crippen LogP contribution in [0.3, 0.4) is 0 Å². The topological polar surface area (TPSA) is 70.6 Å². The van der Waals surface area contributed by atoms with Crippen LogP contribution in [0, 0.1) is 0 Å². The van der Waals surface area contributed by atoms with Gasteiger partial charge in [-0.05, 0) is 25.9 Å². The number of nitrogens with one attached hydrogen (secondary N) is 2. The average molecular weight is 218 g/mol. The van der Waals surface area contributed by atoms with Gasteiger partial charge in [0.25, 0.3) is 0 Å². The fraction of sp³-hybridized carbons (Fsp3) is 0.900. The summed E-state index contributed by atoms with van der Waals surface area (Å²) < 4.78 is 5.09. The van der Waals surface area contributed by atoms with Crippen molar-refractivity contribution in [3.05, 3.63) is 0 Å². The first-order chi connectivity index (χ1) is 7.31. The molecular formula is C10H22N2O3. The highest BCUT2D eigenvalue weighted by molar-refractivity contribution is 5.75. The van der Waals surface area contributed by atoms with Crippen molar-refractivity contribution in [3.8, 4) is 0 Å². The van der Waals surface area contributed by atoms with Crippen molar-refractivity contribution in [1.29, 1.82) is 0 Å². The Kier molecular flexibility index (Phi) is 10.9. The molecule has 0 aromatic heterocycles. The second kappa shape index (κ2) is 11.4. The number of carbonyl (C=O) groups is 1. The third kappa shape index (κ3) is 11.3. The van der Waals surface area contributed by atoms with E-state index in [9.17, 15) is 4.79 Å². The number of hydrogen-bond acceptors (Lipinski definition) is 4. The zero-order valence-electron chi connectivity index (χ0n) is 9.42. The Morgan fingerprint density at radius 2 is 2.00 bits per heavy atom. The van der Waals surface area contributed by atoms with Gasteiger partial charge < -0.3 is 20.5 Å². The van der Waals surface area contributed by atoms with Gasteiger partial charge in [0.2, 0.25) is 5.91 Å². The van der Waals surface area contributed by atoms with E-state index in [2.05, 4.69) is 10.6 Å². The molecule has 0 unspecified atom stereocenters. The Balaban J connectivity index is 2.95. The zero-order valence-corrected chi connectivity index (χ0v) is 9.42. The Hall–Kier alpha value is -0.650. The Morgan fingerprint density at radius 3 is 2.67 bits per heavy atom. The molecule has 0 aliphatic heterocycles. The summed E-state index contributed by atoms with van der Waals surface area (Å²) in [5, 5.41) is 14.2. The van der Waals surface area contributed by atoms with Crippen LogP contribution in [0.5, 0.6) is 0 Å². The number of hydrogen-bond donors (Lipinski definition) is 3. The average Bonchev–Trinajstić information content (AvgIpc) is 2.26. The molecule has 5 heteroatoms. The molecule has 0 bridgehead atoms. The summed E-state index contributed by atoms with van der Waals surface area (Å²) >= 11 is 0. The number of ether oxygens (including phenoxy) is 1. The largest absolute Gasteiger partial charge is 0.394 e. The summed E-state index contributed by atoms with van der Waals surface area (Å²) in [5.74, 6) is 0.0862. The van der Waals surface area contributed by atoms with Crippen LogP contribution in [0.4, 0.5) is 0 Å². The smallest absolute Gasteiger partial charge is 0.219 e. The van der Waals surface area contributed by atoms with Gasteiger partial charge in [-0.3, -0.25) is 4.79 Å². The second-order valence-electron chi connectivity index (χ2n) is 3.22. The molecule has 0 spiro atoms. The molecule has 0 aromatic rings. The number of amides is 1. The van der Waals surface area contributed by atoms with Crippen LogP contribution in [0.2, 0.25) is 0 Å². The highest BCUT2D eigenvalue weighted by atomic mass is 16.5. The van der Waals surface area contributed by atoms with E-state index in [0.717, 1.165) is 25.9 Å². The molecule has 0 rings (SSSR count). The molecule has 3 N–H and O–H groups in total. The molecule has 0 saturated carbocycles. The van der Waals surface area contributed by atoms with Crippen LogP contribution in [0.15, 0.2) is 0 Å². The molecular weight excluding hydrogens is 196 g/mol. The van der Waals surface area contributed by atoms with Crippen LogP contribution >= 0.6 is 0 Å². The van der Waals surface area contributed by atoms with E-state index >= 15 is 0 Å². The maximum absolute atomic E-state index is 10.8. The third-order valence-corrected chi connectivity index (χ3v) is 1.91. The minimum atomic E-state index is 0.0829. The molecule has 90 valence electrons. The molecule has 0 heterocycles. The van der Waals surface area contributed by atoms with Gasteiger partial charge in [0, 0.05) is 20.1 Å². The molecule has 0 atom stereocenters. The van der Waals surface area contributed by atoms with Crippen molar-refractivity contribution in [2.24, 2.45) is 0 Å². The van der Waals surface area contributed by atoms with Crippen molar-refractivity contribution in [2.45, 2.75) is 19.3 Å². The van der Waals surface area contributed by atoms with E-state index in [1.807, 2.05) is 0 Å². The third-order valence-electron chi connectivity index (χ3n) is 1.91. The predicted molar refractivity (Wildman–Crippen MR) is 58.7 cm³/mol. The Bertz CT molecular complexity index is 154. The van der Waals surface area contributed by atoms with Gasteiger partial charge in [0.15, 0.2) is 0 Å². The monoisotopic (exact) mass is 218 g/mol. The lowest BCUT2D eigenvalue weighted by molar-refractivity contribution is -0.120. The standard InChI is InChI=1S/C10H22N2O3/c1-11-10(14)4-2-5-12-6-3-8-15-9-7-13/h12-13H,2-9H2,1H3,(H,11,14). The van der Waals surface area contributed by atoms with Crippen LogP contribution in [0.25, 0.3) is 0 Å². The van der Waals surface area contributed by atoms with E-state index < -0.39 is 0 Å². The Labute approximate surface area is 91.2 Å². The molecule has 0 radical (unpaired) electrons. The number of aliphatic hydroxyl groups is 1. The summed E-state index contributed by atoms with van der Waals surface area (Å²) in [6.07, 6.45) is 2.36. The first kappa shape index (κ1) is 14.3. The van der Waals surface area contributed by atoms with Gasteiger partial charge in [0.05, 0.1) is 13.2 Å². The molecule has 5 nitrogen and oxygen atoms in total. The number of aliphatic hydroxyl groups excluding tert-OH is 1. The van der Waals surface area contributed by atoms with Crippen molar-refractivity contribution < 1.29 is 14.6 Å². The minimum absolute atomic E-state index is 0.0829. The second-order valence-corrected chi connectivity index (χ2v) is 3.22. The number of carbonyl (C=O) groups excluding carboxylic acids is 1. The van der Waals surface area contributed by atoms with Gasteiger partial charge in [-0.1, -0.05) is 0 Å². The van der Waals surface area contributed by atoms with E-state index in [1.165, 1.54) is 0 Å². The van der Waals surface area contributed by atoms with Crippen molar-refractivity contribution in [1.82, 2.24) is 10.6 Å². The minimum Gasteiger partial charge on any atom is -0.394 e. The van der Waals surface area contributed by atoms with E-state index in [4.69, 9.17) is 9.84 Å². The maximum atomic E-state index is 10.8. The molecule has 1 amide bonds. The zero-order chi connectivity index (χ0) is 11.4. The van der Waals surface area contributed by atoms with Gasteiger partial charge in [0.1, 0.15) is 0 Å². The molecule has 15 heavy (non-hydrogen) atoms. The van der Waals surface area contributed by atoms with E-state index in [-0.39, 0.29) is 12.5 Å². The highest BCUT2D eigenvalue weighted by Gasteiger charge is 1.96. The lowest BCUT2D eigenvalue weighted by Crippen LogP contribution is -2.22. The summed E-state index contributed by atoms with van der Waals surface area (Å²) in [6, 6.07) is 0. The van der Waals surface area contributed by atoms with Crippen molar-refractivity contribution in [3.63, 3.8) is 0 Å². The summed E-state index contributed by atoms with van der Waals surface area (Å²) in [4.78, 5) is 10.8. The quantitative estimate of drug-likeness (QED) is 0.432. The number of rotatable bonds is 10. The molecule has 0 aromatic carbocycles. The van der Waals surface area contributed by atoms with Gasteiger partial charge >= 0.3 is 0 Å². The van der Waals surface area contributed by atoms with Gasteiger partial charge in [-0.2, -0.15) is 0 Å². The highest BCUT2D eigenvalue weighted by Crippen LogP contribution is 1.86. The summed E-state index contributed by atoms with van der Waals surface area (Å²) in [5.41, 5.74) is 0. The first-order valence-corrected chi connectivity index (χ1v) is 5.41. The van der Waals surface area contributed by atoms with Crippen molar-refractivity contribution in [2.75, 3.05) is 40.0 Å². The van der Waals surface area contributed by atoms with Crippen LogP contribution in [-0.2, 0) is 9.53 Å². The van der Waals surface area contributed by atoms with Crippen LogP contribution in [-0.4, -0.2) is 51.0 Å². The first-order valence-electron chi connectivity index (χ1n) is 5.41. The normalized spacial score (nSPS) is 10.3. The molecule has 0 aliphatic carbocycles. The summed E-state index contributed by atoms with van der Waals surface area (Å²) in [7, 11) is 1.65. The fourth-order valence-electron chi connectivity index (χ4n) is 1.09. The predicted octanol–water partition coefficient (Wildman–Crippen LogP) is -0.499. The lowest BCUT2D eigenvalue weighted by atomic mass is 10.3. The molecule has 0 saturated heterocycles.